The van der Waals surface area contributed by atoms with Crippen LogP contribution in [0.4, 0.5) is 0 Å². The van der Waals surface area contributed by atoms with Gasteiger partial charge in [-0.1, -0.05) is 6.07 Å². The second kappa shape index (κ2) is 6.07. The molecule has 8 nitrogen and oxygen atoms in total. The van der Waals surface area contributed by atoms with E-state index >= 15 is 0 Å². The highest BCUT2D eigenvalue weighted by Crippen LogP contribution is 2.26. The molecule has 8 heteroatoms. The van der Waals surface area contributed by atoms with E-state index in [1.807, 2.05) is 6.07 Å². The predicted molar refractivity (Wildman–Crippen MR) is 86.5 cm³/mol. The summed E-state index contributed by atoms with van der Waals surface area (Å²) in [5, 5.41) is 16.3. The molecule has 0 aliphatic rings. The first-order valence-corrected chi connectivity index (χ1v) is 7.23. The second-order valence-electron chi connectivity index (χ2n) is 5.23. The second-order valence-corrected chi connectivity index (χ2v) is 5.23. The van der Waals surface area contributed by atoms with E-state index in [-0.39, 0.29) is 18.1 Å². The Morgan fingerprint density at radius 2 is 1.92 bits per heavy atom. The first-order valence-electron chi connectivity index (χ1n) is 7.23. The number of amides is 1. The largest absolute Gasteiger partial charge is 0.480 e. The minimum absolute atomic E-state index is 0.184. The fraction of sp³-hybridized carbons (Fsp3) is 0.188. The highest BCUT2D eigenvalue weighted by Gasteiger charge is 2.18. The summed E-state index contributed by atoms with van der Waals surface area (Å²) in [6, 6.07) is 5.36. The average molecular weight is 325 g/mol. The Kier molecular flexibility index (Phi) is 3.95. The molecular weight excluding hydrogens is 310 g/mol. The van der Waals surface area contributed by atoms with Gasteiger partial charge in [0, 0.05) is 30.4 Å². The zero-order chi connectivity index (χ0) is 17.3. The quantitative estimate of drug-likeness (QED) is 0.747. The summed E-state index contributed by atoms with van der Waals surface area (Å²) >= 11 is 0. The molecule has 3 aromatic rings. The van der Waals surface area contributed by atoms with Gasteiger partial charge in [0.05, 0.1) is 5.52 Å². The molecule has 0 aliphatic carbocycles. The number of aliphatic carboxylic acids is 1. The van der Waals surface area contributed by atoms with E-state index in [1.165, 1.54) is 11.7 Å². The Morgan fingerprint density at radius 3 is 2.54 bits per heavy atom. The lowest BCUT2D eigenvalue weighted by Crippen LogP contribution is -2.19. The number of carboxylic acids is 1. The van der Waals surface area contributed by atoms with Crippen LogP contribution in [0, 0.1) is 6.92 Å². The molecule has 0 atom stereocenters. The smallest absolute Gasteiger partial charge is 0.325 e. The van der Waals surface area contributed by atoms with Gasteiger partial charge in [-0.25, -0.2) is 9.97 Å². The van der Waals surface area contributed by atoms with E-state index in [1.54, 1.807) is 31.5 Å². The van der Waals surface area contributed by atoms with Crippen LogP contribution in [-0.4, -0.2) is 43.8 Å². The molecule has 1 aromatic carbocycles. The highest BCUT2D eigenvalue weighted by atomic mass is 16.4. The van der Waals surface area contributed by atoms with Gasteiger partial charge >= 0.3 is 5.97 Å². The first-order chi connectivity index (χ1) is 11.5. The lowest BCUT2D eigenvalue weighted by atomic mass is 10.1. The molecule has 0 bridgehead atoms. The molecule has 2 N–H and O–H groups in total. The summed E-state index contributed by atoms with van der Waals surface area (Å²) in [6.45, 7) is 1.48. The Balaban J connectivity index is 2.18. The van der Waals surface area contributed by atoms with Crippen molar-refractivity contribution in [2.75, 3.05) is 7.05 Å². The van der Waals surface area contributed by atoms with Gasteiger partial charge in [-0.3, -0.25) is 14.3 Å². The van der Waals surface area contributed by atoms with Crippen molar-refractivity contribution < 1.29 is 14.7 Å². The van der Waals surface area contributed by atoms with Crippen molar-refractivity contribution >= 4 is 22.8 Å². The Morgan fingerprint density at radius 1 is 1.21 bits per heavy atom. The van der Waals surface area contributed by atoms with Crippen LogP contribution in [0.3, 0.4) is 0 Å². The van der Waals surface area contributed by atoms with Crippen molar-refractivity contribution in [3.63, 3.8) is 0 Å². The molecule has 2 aromatic heterocycles. The molecule has 0 saturated heterocycles. The third kappa shape index (κ3) is 2.81. The van der Waals surface area contributed by atoms with E-state index in [0.29, 0.717) is 16.7 Å². The highest BCUT2D eigenvalue weighted by molar-refractivity contribution is 6.06. The van der Waals surface area contributed by atoms with Gasteiger partial charge in [0.15, 0.2) is 5.69 Å². The molecule has 0 unspecified atom stereocenters. The molecule has 24 heavy (non-hydrogen) atoms. The molecule has 122 valence electrons. The van der Waals surface area contributed by atoms with E-state index in [9.17, 15) is 9.59 Å². The van der Waals surface area contributed by atoms with Crippen molar-refractivity contribution in [2.45, 2.75) is 13.5 Å². The Bertz CT molecular complexity index is 931. The third-order valence-electron chi connectivity index (χ3n) is 3.59. The van der Waals surface area contributed by atoms with Gasteiger partial charge in [0.25, 0.3) is 5.91 Å². The van der Waals surface area contributed by atoms with Crippen LogP contribution in [0.25, 0.3) is 22.0 Å². The van der Waals surface area contributed by atoms with Crippen LogP contribution in [0.5, 0.6) is 0 Å². The monoisotopic (exact) mass is 325 g/mol. The van der Waals surface area contributed by atoms with Crippen LogP contribution in [0.15, 0.2) is 30.6 Å². The maximum absolute atomic E-state index is 12.1. The van der Waals surface area contributed by atoms with Crippen molar-refractivity contribution in [1.82, 2.24) is 25.1 Å². The molecule has 0 saturated carbocycles. The van der Waals surface area contributed by atoms with Crippen LogP contribution < -0.4 is 5.32 Å². The number of benzene rings is 1. The number of rotatable bonds is 4. The lowest BCUT2D eigenvalue weighted by Gasteiger charge is -2.03. The normalized spacial score (nSPS) is 10.8. The number of carbonyl (C=O) groups is 2. The molecule has 0 aliphatic heterocycles. The number of aromatic nitrogens is 4. The third-order valence-corrected chi connectivity index (χ3v) is 3.59. The van der Waals surface area contributed by atoms with E-state index in [4.69, 9.17) is 5.11 Å². The maximum Gasteiger partial charge on any atom is 0.325 e. The Labute approximate surface area is 137 Å². The number of fused-ring (bicyclic) bond motifs is 1. The summed E-state index contributed by atoms with van der Waals surface area (Å²) in [5.41, 5.74) is 2.38. The van der Waals surface area contributed by atoms with Gasteiger partial charge in [0.2, 0.25) is 0 Å². The van der Waals surface area contributed by atoms with Crippen LogP contribution in [0.2, 0.25) is 0 Å². The van der Waals surface area contributed by atoms with Gasteiger partial charge < -0.3 is 10.4 Å². The lowest BCUT2D eigenvalue weighted by molar-refractivity contribution is -0.137. The summed E-state index contributed by atoms with van der Waals surface area (Å²) in [4.78, 5) is 31.4. The maximum atomic E-state index is 12.1. The number of hydrogen-bond donors (Lipinski definition) is 2. The van der Waals surface area contributed by atoms with Crippen molar-refractivity contribution in [3.05, 3.63) is 42.1 Å². The van der Waals surface area contributed by atoms with Crippen molar-refractivity contribution in [2.24, 2.45) is 0 Å². The fourth-order valence-corrected chi connectivity index (χ4v) is 2.44. The SMILES string of the molecule is CNC(=O)c1nn(CC(=O)O)c2ccc(-c3cnc(C)nc3)cc12. The number of nitrogens with zero attached hydrogens (tertiary/aromatic N) is 4. The van der Waals surface area contributed by atoms with E-state index in [0.717, 1.165) is 11.1 Å². The molecule has 0 radical (unpaired) electrons. The number of hydrogen-bond acceptors (Lipinski definition) is 5. The fourth-order valence-electron chi connectivity index (χ4n) is 2.44. The van der Waals surface area contributed by atoms with Gasteiger partial charge in [0.1, 0.15) is 12.4 Å². The predicted octanol–water partition coefficient (Wildman–Crippen LogP) is 1.25. The van der Waals surface area contributed by atoms with Crippen molar-refractivity contribution in [3.8, 4) is 11.1 Å². The zero-order valence-electron chi connectivity index (χ0n) is 13.1. The van der Waals surface area contributed by atoms with Crippen LogP contribution in [0.1, 0.15) is 16.3 Å². The van der Waals surface area contributed by atoms with Crippen molar-refractivity contribution in [1.29, 1.82) is 0 Å². The van der Waals surface area contributed by atoms with Gasteiger partial charge in [-0.05, 0) is 24.6 Å². The first kappa shape index (κ1) is 15.6. The Hall–Kier alpha value is -3.29. The minimum Gasteiger partial charge on any atom is -0.480 e. The zero-order valence-corrected chi connectivity index (χ0v) is 13.1. The molecule has 3 rings (SSSR count). The summed E-state index contributed by atoms with van der Waals surface area (Å²) in [7, 11) is 1.50. The average Bonchev–Trinajstić information content (AvgIpc) is 2.92. The molecular formula is C16H15N5O3. The number of nitrogens with one attached hydrogen (secondary N) is 1. The summed E-state index contributed by atoms with van der Waals surface area (Å²) in [6.07, 6.45) is 3.40. The van der Waals surface area contributed by atoms with Crippen LogP contribution >= 0.6 is 0 Å². The number of carbonyl (C=O) groups excluding carboxylic acids is 1. The summed E-state index contributed by atoms with van der Waals surface area (Å²) < 4.78 is 1.30. The molecule has 0 spiro atoms. The molecule has 0 fully saturated rings. The number of carboxylic acid groups (broad SMARTS) is 1. The van der Waals surface area contributed by atoms with Gasteiger partial charge in [-0.2, -0.15) is 5.10 Å². The topological polar surface area (TPSA) is 110 Å². The minimum atomic E-state index is -1.03. The van der Waals surface area contributed by atoms with Crippen LogP contribution in [-0.2, 0) is 11.3 Å². The van der Waals surface area contributed by atoms with E-state index in [2.05, 4.69) is 20.4 Å². The number of aryl methyl sites for hydroxylation is 1. The van der Waals surface area contributed by atoms with E-state index < -0.39 is 5.97 Å². The standard InChI is InChI=1S/C16H15N5O3/c1-9-18-6-11(7-19-9)10-3-4-13-12(5-10)15(16(24)17-2)20-21(13)8-14(22)23/h3-7H,8H2,1-2H3,(H,17,24)(H,22,23). The summed E-state index contributed by atoms with van der Waals surface area (Å²) in [5.74, 6) is -0.736. The molecule has 2 heterocycles. The molecule has 1 amide bonds. The van der Waals surface area contributed by atoms with Gasteiger partial charge in [-0.15, -0.1) is 0 Å².